The van der Waals surface area contributed by atoms with Crippen LogP contribution in [-0.2, 0) is 0 Å². The Bertz CT molecular complexity index is 495. The van der Waals surface area contributed by atoms with E-state index < -0.39 is 5.82 Å². The molecule has 4 nitrogen and oxygen atoms in total. The number of hydrogen-bond donors (Lipinski definition) is 2. The average molecular weight is 301 g/mol. The van der Waals surface area contributed by atoms with Gasteiger partial charge in [-0.25, -0.2) is 4.39 Å². The molecule has 1 unspecified atom stereocenters. The summed E-state index contributed by atoms with van der Waals surface area (Å²) in [5, 5.41) is -0.0557. The van der Waals surface area contributed by atoms with Crippen LogP contribution in [0.3, 0.4) is 0 Å². The molecule has 1 atom stereocenters. The molecule has 0 bridgehead atoms. The zero-order valence-corrected chi connectivity index (χ0v) is 12.8. The van der Waals surface area contributed by atoms with Crippen molar-refractivity contribution >= 4 is 28.7 Å². The Balaban J connectivity index is 2.21. The Morgan fingerprint density at radius 2 is 2.15 bits per heavy atom. The molecule has 2 rings (SSSR count). The largest absolute Gasteiger partial charge is 0.397 e. The smallest absolute Gasteiger partial charge is 0.169 e. The molecule has 20 heavy (non-hydrogen) atoms. The van der Waals surface area contributed by atoms with Gasteiger partial charge in [0.2, 0.25) is 0 Å². The first-order valence-electron chi connectivity index (χ1n) is 6.93. The van der Waals surface area contributed by atoms with E-state index in [-0.39, 0.29) is 10.7 Å². The minimum Gasteiger partial charge on any atom is -0.397 e. The first-order chi connectivity index (χ1) is 9.45. The summed E-state index contributed by atoms with van der Waals surface area (Å²) in [5.41, 5.74) is 12.4. The fourth-order valence-electron chi connectivity index (χ4n) is 2.97. The van der Waals surface area contributed by atoms with Crippen molar-refractivity contribution < 1.29 is 4.39 Å². The Morgan fingerprint density at radius 1 is 1.45 bits per heavy atom. The third-order valence-electron chi connectivity index (χ3n) is 4.01. The van der Waals surface area contributed by atoms with Gasteiger partial charge in [-0.1, -0.05) is 18.5 Å². The first kappa shape index (κ1) is 15.2. The maximum absolute atomic E-state index is 14.3. The number of anilines is 3. The lowest BCUT2D eigenvalue weighted by molar-refractivity contribution is 0.270. The van der Waals surface area contributed by atoms with E-state index in [0.717, 1.165) is 26.1 Å². The Hall–Kier alpha value is -1.20. The van der Waals surface area contributed by atoms with Crippen molar-refractivity contribution in [3.05, 3.63) is 16.9 Å². The van der Waals surface area contributed by atoms with E-state index in [1.165, 1.54) is 12.5 Å². The second-order valence-electron chi connectivity index (χ2n) is 5.34. The quantitative estimate of drug-likeness (QED) is 0.839. The lowest BCUT2D eigenvalue weighted by atomic mass is 10.1. The topological polar surface area (TPSA) is 58.5 Å². The predicted molar refractivity (Wildman–Crippen MR) is 83.8 cm³/mol. The zero-order chi connectivity index (χ0) is 14.9. The van der Waals surface area contributed by atoms with E-state index in [9.17, 15) is 4.39 Å². The Kier molecular flexibility index (Phi) is 4.60. The monoisotopic (exact) mass is 300 g/mol. The number of nitrogens with zero attached hydrogens (tertiary/aromatic N) is 2. The van der Waals surface area contributed by atoms with E-state index in [2.05, 4.69) is 11.8 Å². The lowest BCUT2D eigenvalue weighted by Gasteiger charge is -2.30. The highest BCUT2D eigenvalue weighted by Gasteiger charge is 2.26. The molecule has 1 aromatic rings. The summed E-state index contributed by atoms with van der Waals surface area (Å²) >= 11 is 5.88. The van der Waals surface area contributed by atoms with Crippen molar-refractivity contribution in [2.45, 2.75) is 25.8 Å². The summed E-state index contributed by atoms with van der Waals surface area (Å²) in [4.78, 5) is 4.25. The van der Waals surface area contributed by atoms with Gasteiger partial charge >= 0.3 is 0 Å². The van der Waals surface area contributed by atoms with Gasteiger partial charge in [-0.15, -0.1) is 0 Å². The number of hydrogen-bond acceptors (Lipinski definition) is 4. The molecule has 0 spiro atoms. The van der Waals surface area contributed by atoms with E-state index in [1.807, 2.05) is 11.9 Å². The number of likely N-dealkylation sites (tertiary alicyclic amines) is 1. The molecule has 6 heteroatoms. The molecule has 1 aromatic carbocycles. The summed E-state index contributed by atoms with van der Waals surface area (Å²) < 4.78 is 14.3. The minimum atomic E-state index is -0.535. The summed E-state index contributed by atoms with van der Waals surface area (Å²) in [7, 11) is 1.84. The van der Waals surface area contributed by atoms with Crippen LogP contribution in [0.1, 0.15) is 19.8 Å². The van der Waals surface area contributed by atoms with Crippen molar-refractivity contribution in [3.63, 3.8) is 0 Å². The Morgan fingerprint density at radius 3 is 2.80 bits per heavy atom. The van der Waals surface area contributed by atoms with Crippen molar-refractivity contribution in [2.75, 3.05) is 43.0 Å². The van der Waals surface area contributed by atoms with Crippen LogP contribution < -0.4 is 16.4 Å². The van der Waals surface area contributed by atoms with Crippen LogP contribution in [-0.4, -0.2) is 37.6 Å². The van der Waals surface area contributed by atoms with Crippen LogP contribution >= 0.6 is 11.6 Å². The van der Waals surface area contributed by atoms with Crippen molar-refractivity contribution in [3.8, 4) is 0 Å². The van der Waals surface area contributed by atoms with Gasteiger partial charge < -0.3 is 16.4 Å². The van der Waals surface area contributed by atoms with Gasteiger partial charge in [0.15, 0.2) is 5.82 Å². The minimum absolute atomic E-state index is 0.0557. The molecule has 0 saturated carbocycles. The van der Waals surface area contributed by atoms with Gasteiger partial charge in [0, 0.05) is 19.6 Å². The normalized spacial score (nSPS) is 19.5. The van der Waals surface area contributed by atoms with Crippen LogP contribution in [0, 0.1) is 5.82 Å². The zero-order valence-electron chi connectivity index (χ0n) is 12.0. The molecule has 0 aromatic heterocycles. The molecule has 0 aliphatic carbocycles. The molecule has 1 saturated heterocycles. The number of nitrogens with two attached hydrogens (primary N) is 2. The van der Waals surface area contributed by atoms with Gasteiger partial charge in [-0.3, -0.25) is 4.90 Å². The molecular formula is C14H22ClFN4. The van der Waals surface area contributed by atoms with Crippen molar-refractivity contribution in [1.29, 1.82) is 0 Å². The number of halogens is 2. The van der Waals surface area contributed by atoms with Gasteiger partial charge in [0.05, 0.1) is 17.1 Å². The van der Waals surface area contributed by atoms with Crippen LogP contribution in [0.2, 0.25) is 5.02 Å². The van der Waals surface area contributed by atoms with Gasteiger partial charge in [-0.05, 0) is 32.0 Å². The maximum atomic E-state index is 14.3. The van der Waals surface area contributed by atoms with Gasteiger partial charge in [0.25, 0.3) is 0 Å². The second kappa shape index (κ2) is 6.06. The molecule has 4 N–H and O–H groups in total. The number of benzene rings is 1. The second-order valence-corrected chi connectivity index (χ2v) is 5.71. The molecule has 1 aliphatic rings. The van der Waals surface area contributed by atoms with E-state index in [1.54, 1.807) is 0 Å². The highest BCUT2D eigenvalue weighted by atomic mass is 35.5. The molecule has 1 heterocycles. The Labute approximate surface area is 124 Å². The van der Waals surface area contributed by atoms with Crippen LogP contribution in [0.15, 0.2) is 6.07 Å². The first-order valence-corrected chi connectivity index (χ1v) is 7.31. The summed E-state index contributed by atoms with van der Waals surface area (Å²) in [6, 6.07) is 1.95. The van der Waals surface area contributed by atoms with Crippen LogP contribution in [0.4, 0.5) is 21.5 Å². The predicted octanol–water partition coefficient (Wildman–Crippen LogP) is 2.56. The molecule has 0 amide bonds. The average Bonchev–Trinajstić information content (AvgIpc) is 2.83. The van der Waals surface area contributed by atoms with Crippen molar-refractivity contribution in [2.24, 2.45) is 0 Å². The summed E-state index contributed by atoms with van der Waals surface area (Å²) in [5.74, 6) is -0.535. The summed E-state index contributed by atoms with van der Waals surface area (Å²) in [6.07, 6.45) is 2.31. The molecule has 1 aliphatic heterocycles. The standard InChI is InChI=1S/C14H22ClFN4/c1-3-20-6-4-5-9(20)8-19(2)14-11(18)7-10(17)12(15)13(14)16/h7,9H,3-6,8,17-18H2,1-2H3. The number of likely N-dealkylation sites (N-methyl/N-ethyl adjacent to an activating group) is 2. The van der Waals surface area contributed by atoms with E-state index in [4.69, 9.17) is 23.1 Å². The third kappa shape index (κ3) is 2.79. The third-order valence-corrected chi connectivity index (χ3v) is 4.39. The fourth-order valence-corrected chi connectivity index (χ4v) is 3.11. The van der Waals surface area contributed by atoms with E-state index >= 15 is 0 Å². The van der Waals surface area contributed by atoms with Gasteiger partial charge in [-0.2, -0.15) is 0 Å². The highest BCUT2D eigenvalue weighted by molar-refractivity contribution is 6.33. The lowest BCUT2D eigenvalue weighted by Crippen LogP contribution is -2.39. The molecule has 1 fully saturated rings. The molecule has 112 valence electrons. The maximum Gasteiger partial charge on any atom is 0.169 e. The number of rotatable bonds is 4. The summed E-state index contributed by atoms with van der Waals surface area (Å²) in [6.45, 7) is 5.00. The van der Waals surface area contributed by atoms with Crippen molar-refractivity contribution in [1.82, 2.24) is 4.90 Å². The highest BCUT2D eigenvalue weighted by Crippen LogP contribution is 2.36. The van der Waals surface area contributed by atoms with Crippen LogP contribution in [0.5, 0.6) is 0 Å². The SMILES string of the molecule is CCN1CCCC1CN(C)c1c(N)cc(N)c(Cl)c1F. The van der Waals surface area contributed by atoms with Crippen LogP contribution in [0.25, 0.3) is 0 Å². The molecular weight excluding hydrogens is 279 g/mol. The van der Waals surface area contributed by atoms with Gasteiger partial charge in [0.1, 0.15) is 5.02 Å². The van der Waals surface area contributed by atoms with E-state index in [0.29, 0.717) is 17.4 Å². The molecule has 0 radical (unpaired) electrons. The number of nitrogen functional groups attached to an aromatic ring is 2. The fraction of sp³-hybridized carbons (Fsp3) is 0.571.